The number of carbonyl (C=O) groups is 1. The van der Waals surface area contributed by atoms with Crippen molar-refractivity contribution >= 4 is 17.7 Å². The number of nitrogens with zero attached hydrogens (tertiary/aromatic N) is 1. The molecule has 16 heavy (non-hydrogen) atoms. The van der Waals surface area contributed by atoms with Gasteiger partial charge in [0.05, 0.1) is 12.1 Å². The molecule has 2 N–H and O–H groups in total. The number of nitrogens with one attached hydrogen (secondary N) is 2. The summed E-state index contributed by atoms with van der Waals surface area (Å²) in [5.74, 6) is 1.80. The normalized spacial score (nSPS) is 21.7. The first-order valence-corrected chi connectivity index (χ1v) is 6.44. The summed E-state index contributed by atoms with van der Waals surface area (Å²) in [6, 6.07) is 3.82. The molecular formula is C11H15N3OS. The van der Waals surface area contributed by atoms with Crippen LogP contribution in [0, 0.1) is 0 Å². The number of rotatable bonds is 3. The van der Waals surface area contributed by atoms with Gasteiger partial charge in [0.25, 0.3) is 0 Å². The lowest BCUT2D eigenvalue weighted by molar-refractivity contribution is -0.123. The van der Waals surface area contributed by atoms with Gasteiger partial charge in [-0.1, -0.05) is 0 Å². The Morgan fingerprint density at radius 2 is 2.38 bits per heavy atom. The molecule has 1 saturated heterocycles. The molecule has 0 aromatic carbocycles. The summed E-state index contributed by atoms with van der Waals surface area (Å²) in [6.07, 6.45) is 3.48. The lowest BCUT2D eigenvalue weighted by atomic mass is 10.1. The largest absolute Gasteiger partial charge is 0.348 e. The maximum Gasteiger partial charge on any atom is 0.238 e. The molecule has 86 valence electrons. The third kappa shape index (κ3) is 2.74. The van der Waals surface area contributed by atoms with E-state index < -0.39 is 0 Å². The van der Waals surface area contributed by atoms with Gasteiger partial charge in [0.1, 0.15) is 0 Å². The second-order valence-corrected chi connectivity index (χ2v) is 4.81. The highest BCUT2D eigenvalue weighted by Gasteiger charge is 2.23. The van der Waals surface area contributed by atoms with Crippen molar-refractivity contribution in [1.29, 1.82) is 0 Å². The van der Waals surface area contributed by atoms with Crippen molar-refractivity contribution in [3.05, 3.63) is 30.1 Å². The van der Waals surface area contributed by atoms with Gasteiger partial charge in [-0.15, -0.1) is 11.8 Å². The monoisotopic (exact) mass is 237 g/mol. The SMILES string of the molecule is C[C@@H](NC(=O)C1CSCN1)c1ccncc1. The van der Waals surface area contributed by atoms with E-state index >= 15 is 0 Å². The fraction of sp³-hybridized carbons (Fsp3) is 0.455. The molecule has 0 bridgehead atoms. The molecular weight excluding hydrogens is 222 g/mol. The molecule has 1 fully saturated rings. The minimum Gasteiger partial charge on any atom is -0.348 e. The minimum atomic E-state index is -0.0470. The van der Waals surface area contributed by atoms with E-state index in [1.807, 2.05) is 19.1 Å². The van der Waals surface area contributed by atoms with E-state index in [2.05, 4.69) is 15.6 Å². The maximum absolute atomic E-state index is 11.8. The van der Waals surface area contributed by atoms with E-state index in [1.165, 1.54) is 0 Å². The van der Waals surface area contributed by atoms with Gasteiger partial charge in [-0.25, -0.2) is 0 Å². The molecule has 0 spiro atoms. The van der Waals surface area contributed by atoms with Crippen LogP contribution < -0.4 is 10.6 Å². The van der Waals surface area contributed by atoms with Crippen LogP contribution in [0.5, 0.6) is 0 Å². The fourth-order valence-electron chi connectivity index (χ4n) is 1.61. The second-order valence-electron chi connectivity index (χ2n) is 3.78. The first-order valence-electron chi connectivity index (χ1n) is 5.29. The quantitative estimate of drug-likeness (QED) is 0.821. The van der Waals surface area contributed by atoms with Gasteiger partial charge in [0, 0.05) is 24.0 Å². The molecule has 1 aromatic heterocycles. The molecule has 0 radical (unpaired) electrons. The summed E-state index contributed by atoms with van der Waals surface area (Å²) in [5, 5.41) is 6.15. The summed E-state index contributed by atoms with van der Waals surface area (Å²) < 4.78 is 0. The van der Waals surface area contributed by atoms with Crippen LogP contribution in [0.4, 0.5) is 0 Å². The zero-order valence-corrected chi connectivity index (χ0v) is 9.96. The first kappa shape index (κ1) is 11.4. The van der Waals surface area contributed by atoms with Crippen LogP contribution in [0.2, 0.25) is 0 Å². The number of hydrogen-bond acceptors (Lipinski definition) is 4. The summed E-state index contributed by atoms with van der Waals surface area (Å²) >= 11 is 1.75. The van der Waals surface area contributed by atoms with Crippen molar-refractivity contribution in [2.75, 3.05) is 11.6 Å². The Morgan fingerprint density at radius 1 is 1.62 bits per heavy atom. The van der Waals surface area contributed by atoms with Gasteiger partial charge in [0.15, 0.2) is 0 Å². The van der Waals surface area contributed by atoms with Crippen molar-refractivity contribution in [3.63, 3.8) is 0 Å². The lowest BCUT2D eigenvalue weighted by Gasteiger charge is -2.16. The number of carbonyl (C=O) groups excluding carboxylic acids is 1. The van der Waals surface area contributed by atoms with Crippen LogP contribution in [-0.2, 0) is 4.79 Å². The number of pyridine rings is 1. The Kier molecular flexibility index (Phi) is 3.79. The Labute approximate surface area is 99.2 Å². The first-order chi connectivity index (χ1) is 7.77. The summed E-state index contributed by atoms with van der Waals surface area (Å²) in [7, 11) is 0. The predicted octanol–water partition coefficient (Wildman–Crippen LogP) is 0.921. The van der Waals surface area contributed by atoms with Crippen molar-refractivity contribution < 1.29 is 4.79 Å². The molecule has 1 aliphatic heterocycles. The van der Waals surface area contributed by atoms with E-state index in [-0.39, 0.29) is 18.0 Å². The third-order valence-corrected chi connectivity index (χ3v) is 3.54. The van der Waals surface area contributed by atoms with Crippen molar-refractivity contribution in [1.82, 2.24) is 15.6 Å². The molecule has 2 rings (SSSR count). The molecule has 0 aliphatic carbocycles. The molecule has 0 saturated carbocycles. The average molecular weight is 237 g/mol. The van der Waals surface area contributed by atoms with Gasteiger partial charge >= 0.3 is 0 Å². The van der Waals surface area contributed by atoms with Gasteiger partial charge in [0.2, 0.25) is 5.91 Å². The highest BCUT2D eigenvalue weighted by molar-refractivity contribution is 7.99. The van der Waals surface area contributed by atoms with E-state index in [0.29, 0.717) is 0 Å². The standard InChI is InChI=1S/C11H15N3OS/c1-8(9-2-4-12-5-3-9)14-11(15)10-6-16-7-13-10/h2-5,8,10,13H,6-7H2,1H3,(H,14,15)/t8-,10?/m1/s1. The van der Waals surface area contributed by atoms with Crippen LogP contribution >= 0.6 is 11.8 Å². The van der Waals surface area contributed by atoms with E-state index in [1.54, 1.807) is 24.2 Å². The molecule has 2 atom stereocenters. The molecule has 2 heterocycles. The lowest BCUT2D eigenvalue weighted by Crippen LogP contribution is -2.42. The van der Waals surface area contributed by atoms with Gasteiger partial charge < -0.3 is 5.32 Å². The van der Waals surface area contributed by atoms with Crippen molar-refractivity contribution in [3.8, 4) is 0 Å². The summed E-state index contributed by atoms with van der Waals surface area (Å²) in [6.45, 7) is 1.98. The number of amides is 1. The second kappa shape index (κ2) is 5.32. The van der Waals surface area contributed by atoms with E-state index in [9.17, 15) is 4.79 Å². The van der Waals surface area contributed by atoms with Gasteiger partial charge in [-0.05, 0) is 24.6 Å². The zero-order chi connectivity index (χ0) is 11.4. The molecule has 4 nitrogen and oxygen atoms in total. The van der Waals surface area contributed by atoms with Crippen LogP contribution in [0.15, 0.2) is 24.5 Å². The molecule has 5 heteroatoms. The fourth-order valence-corrected chi connectivity index (χ4v) is 2.55. The van der Waals surface area contributed by atoms with Crippen molar-refractivity contribution in [2.24, 2.45) is 0 Å². The third-order valence-electron chi connectivity index (χ3n) is 2.60. The van der Waals surface area contributed by atoms with Crippen LogP contribution in [0.25, 0.3) is 0 Å². The van der Waals surface area contributed by atoms with Crippen LogP contribution in [0.3, 0.4) is 0 Å². The highest BCUT2D eigenvalue weighted by Crippen LogP contribution is 2.13. The van der Waals surface area contributed by atoms with Crippen LogP contribution in [0.1, 0.15) is 18.5 Å². The van der Waals surface area contributed by atoms with Gasteiger partial charge in [-0.3, -0.25) is 15.1 Å². The van der Waals surface area contributed by atoms with E-state index in [4.69, 9.17) is 0 Å². The molecule has 1 aliphatic rings. The summed E-state index contributed by atoms with van der Waals surface area (Å²) in [5.41, 5.74) is 1.08. The average Bonchev–Trinajstić information content (AvgIpc) is 2.83. The topological polar surface area (TPSA) is 54.0 Å². The Hall–Kier alpha value is -1.07. The minimum absolute atomic E-state index is 0.0305. The Morgan fingerprint density at radius 3 is 3.00 bits per heavy atom. The summed E-state index contributed by atoms with van der Waals surface area (Å²) in [4.78, 5) is 15.8. The van der Waals surface area contributed by atoms with Gasteiger partial charge in [-0.2, -0.15) is 0 Å². The maximum atomic E-state index is 11.8. The Bertz CT molecular complexity index is 352. The number of aromatic nitrogens is 1. The predicted molar refractivity (Wildman–Crippen MR) is 65.0 cm³/mol. The number of hydrogen-bond donors (Lipinski definition) is 2. The smallest absolute Gasteiger partial charge is 0.238 e. The Balaban J connectivity index is 1.92. The molecule has 1 aromatic rings. The zero-order valence-electron chi connectivity index (χ0n) is 9.14. The molecule has 1 unspecified atom stereocenters. The molecule has 1 amide bonds. The highest BCUT2D eigenvalue weighted by atomic mass is 32.2. The van der Waals surface area contributed by atoms with Crippen LogP contribution in [-0.4, -0.2) is 28.6 Å². The number of thioether (sulfide) groups is 1. The van der Waals surface area contributed by atoms with Crippen molar-refractivity contribution in [2.45, 2.75) is 19.0 Å². The van der Waals surface area contributed by atoms with E-state index in [0.717, 1.165) is 17.2 Å².